The Morgan fingerprint density at radius 3 is 2.88 bits per heavy atom. The van der Waals surface area contributed by atoms with Crippen molar-refractivity contribution in [1.82, 2.24) is 14.5 Å². The lowest BCUT2D eigenvalue weighted by Gasteiger charge is -2.15. The Labute approximate surface area is 144 Å². The first-order valence-corrected chi connectivity index (χ1v) is 8.96. The topological polar surface area (TPSA) is 76.9 Å². The van der Waals surface area contributed by atoms with E-state index in [4.69, 9.17) is 0 Å². The zero-order valence-electron chi connectivity index (χ0n) is 14.0. The molecule has 1 unspecified atom stereocenters. The van der Waals surface area contributed by atoms with Crippen LogP contribution in [-0.2, 0) is 11.2 Å². The van der Waals surface area contributed by atoms with Crippen LogP contribution in [0.4, 0.5) is 5.82 Å². The van der Waals surface area contributed by atoms with E-state index < -0.39 is 0 Å². The lowest BCUT2D eigenvalue weighted by Crippen LogP contribution is -2.30. The molecule has 0 aliphatic carbocycles. The van der Waals surface area contributed by atoms with E-state index in [-0.39, 0.29) is 23.9 Å². The summed E-state index contributed by atoms with van der Waals surface area (Å²) < 4.78 is 1.68. The maximum atomic E-state index is 12.7. The number of carbonyl (C=O) groups is 1. The Morgan fingerprint density at radius 1 is 1.38 bits per heavy atom. The molecule has 1 aliphatic heterocycles. The van der Waals surface area contributed by atoms with Crippen LogP contribution in [0.25, 0.3) is 0 Å². The average molecular weight is 344 g/mol. The summed E-state index contributed by atoms with van der Waals surface area (Å²) in [5.41, 5.74) is 2.34. The zero-order valence-corrected chi connectivity index (χ0v) is 14.8. The van der Waals surface area contributed by atoms with Gasteiger partial charge in [0, 0.05) is 29.1 Å². The number of thioether (sulfide) groups is 1. The van der Waals surface area contributed by atoms with E-state index in [0.29, 0.717) is 23.1 Å². The van der Waals surface area contributed by atoms with Crippen LogP contribution in [0.5, 0.6) is 0 Å². The van der Waals surface area contributed by atoms with Gasteiger partial charge in [-0.25, -0.2) is 9.97 Å². The normalized spacial score (nSPS) is 16.0. The number of pyridine rings is 1. The molecule has 0 radical (unpaired) electrons. The number of aromatic nitrogens is 3. The second-order valence-electron chi connectivity index (χ2n) is 5.87. The number of hydrogen-bond donors (Lipinski definition) is 1. The monoisotopic (exact) mass is 344 g/mol. The molecule has 3 rings (SSSR count). The highest BCUT2D eigenvalue weighted by molar-refractivity contribution is 7.99. The van der Waals surface area contributed by atoms with Gasteiger partial charge in [-0.15, -0.1) is 0 Å². The number of carbonyl (C=O) groups excluding carboxylic acids is 1. The second kappa shape index (κ2) is 6.76. The highest BCUT2D eigenvalue weighted by Crippen LogP contribution is 2.32. The summed E-state index contributed by atoms with van der Waals surface area (Å²) in [5.74, 6) is 1.08. The number of nitrogens with one attached hydrogen (secondary N) is 1. The molecular weight excluding hydrogens is 324 g/mol. The second-order valence-corrected chi connectivity index (χ2v) is 6.86. The highest BCUT2D eigenvalue weighted by Gasteiger charge is 2.29. The molecule has 0 saturated carbocycles. The number of aryl methyl sites for hydroxylation is 2. The van der Waals surface area contributed by atoms with Crippen LogP contribution < -0.4 is 10.9 Å². The predicted octanol–water partition coefficient (Wildman–Crippen LogP) is 2.49. The van der Waals surface area contributed by atoms with Crippen LogP contribution in [0.2, 0.25) is 0 Å². The molecule has 0 aromatic carbocycles. The van der Waals surface area contributed by atoms with Crippen LogP contribution in [-0.4, -0.2) is 26.2 Å². The minimum Gasteiger partial charge on any atom is -0.311 e. The summed E-state index contributed by atoms with van der Waals surface area (Å²) in [6.07, 6.45) is 0.887. The van der Waals surface area contributed by atoms with Crippen LogP contribution in [0, 0.1) is 13.8 Å². The van der Waals surface area contributed by atoms with Crippen molar-refractivity contribution < 1.29 is 4.79 Å². The van der Waals surface area contributed by atoms with E-state index in [1.807, 2.05) is 32.9 Å². The molecular formula is C17H20N4O2S. The van der Waals surface area contributed by atoms with Gasteiger partial charge >= 0.3 is 0 Å². The van der Waals surface area contributed by atoms with Crippen molar-refractivity contribution in [2.45, 2.75) is 44.8 Å². The predicted molar refractivity (Wildman–Crippen MR) is 94.6 cm³/mol. The Balaban J connectivity index is 1.79. The summed E-state index contributed by atoms with van der Waals surface area (Å²) >= 11 is 1.53. The fourth-order valence-corrected chi connectivity index (χ4v) is 4.08. The van der Waals surface area contributed by atoms with Gasteiger partial charge in [-0.1, -0.05) is 24.8 Å². The van der Waals surface area contributed by atoms with Gasteiger partial charge in [-0.3, -0.25) is 14.2 Å². The number of fused-ring (bicyclic) bond motifs is 1. The summed E-state index contributed by atoms with van der Waals surface area (Å²) in [4.78, 5) is 33.8. The third-order valence-electron chi connectivity index (χ3n) is 4.08. The molecule has 2 aromatic heterocycles. The largest absolute Gasteiger partial charge is 0.311 e. The van der Waals surface area contributed by atoms with Crippen molar-refractivity contribution >= 4 is 23.5 Å². The Morgan fingerprint density at radius 2 is 2.17 bits per heavy atom. The standard InChI is InChI=1S/C17H20N4O2S/c1-4-13-11(3)19-17-21(16(13)23)12(9-24-17)8-15(22)20-14-7-5-6-10(2)18-14/h5-7,12H,4,8-9H2,1-3H3,(H,18,20,22). The van der Waals surface area contributed by atoms with Gasteiger partial charge in [0.25, 0.3) is 5.56 Å². The molecule has 1 amide bonds. The fourth-order valence-electron chi connectivity index (χ4n) is 2.90. The van der Waals surface area contributed by atoms with Crippen LogP contribution in [0.3, 0.4) is 0 Å². The molecule has 7 heteroatoms. The molecule has 6 nitrogen and oxygen atoms in total. The maximum absolute atomic E-state index is 12.7. The van der Waals surface area contributed by atoms with Crippen molar-refractivity contribution in [3.05, 3.63) is 45.5 Å². The summed E-state index contributed by atoms with van der Waals surface area (Å²) in [7, 11) is 0. The first-order chi connectivity index (χ1) is 11.5. The Kier molecular flexibility index (Phi) is 4.71. The number of hydrogen-bond acceptors (Lipinski definition) is 5. The average Bonchev–Trinajstić information content (AvgIpc) is 2.90. The SMILES string of the molecule is CCc1c(C)nc2n(c1=O)C(CC(=O)Nc1cccc(C)n1)CS2. The summed E-state index contributed by atoms with van der Waals surface area (Å²) in [6.45, 7) is 5.69. The molecule has 1 aliphatic rings. The van der Waals surface area contributed by atoms with Gasteiger partial charge in [0.05, 0.1) is 6.04 Å². The van der Waals surface area contributed by atoms with Gasteiger partial charge < -0.3 is 5.32 Å². The number of amides is 1. The number of nitrogens with zero attached hydrogens (tertiary/aromatic N) is 3. The molecule has 126 valence electrons. The van der Waals surface area contributed by atoms with Gasteiger partial charge in [0.2, 0.25) is 5.91 Å². The number of rotatable bonds is 4. The van der Waals surface area contributed by atoms with Gasteiger partial charge in [-0.2, -0.15) is 0 Å². The number of anilines is 1. The first kappa shape index (κ1) is 16.7. The smallest absolute Gasteiger partial charge is 0.257 e. The van der Waals surface area contributed by atoms with Crippen LogP contribution >= 0.6 is 11.8 Å². The molecule has 24 heavy (non-hydrogen) atoms. The van der Waals surface area contributed by atoms with Crippen molar-refractivity contribution in [1.29, 1.82) is 0 Å². The highest BCUT2D eigenvalue weighted by atomic mass is 32.2. The molecule has 1 N–H and O–H groups in total. The van der Waals surface area contributed by atoms with E-state index in [1.165, 1.54) is 11.8 Å². The third kappa shape index (κ3) is 3.21. The summed E-state index contributed by atoms with van der Waals surface area (Å²) in [6, 6.07) is 5.32. The molecule has 0 spiro atoms. The quantitative estimate of drug-likeness (QED) is 0.862. The van der Waals surface area contributed by atoms with Crippen LogP contribution in [0.1, 0.15) is 36.3 Å². The molecule has 0 saturated heterocycles. The molecule has 2 aromatic rings. The van der Waals surface area contributed by atoms with E-state index in [1.54, 1.807) is 10.6 Å². The molecule has 0 bridgehead atoms. The van der Waals surface area contributed by atoms with E-state index in [0.717, 1.165) is 17.0 Å². The lowest BCUT2D eigenvalue weighted by atomic mass is 10.1. The van der Waals surface area contributed by atoms with Crippen molar-refractivity contribution in [3.8, 4) is 0 Å². The minimum absolute atomic E-state index is 0.0171. The lowest BCUT2D eigenvalue weighted by molar-refractivity contribution is -0.116. The Bertz CT molecular complexity index is 847. The molecule has 1 atom stereocenters. The molecule has 3 heterocycles. The first-order valence-electron chi connectivity index (χ1n) is 7.98. The maximum Gasteiger partial charge on any atom is 0.257 e. The van der Waals surface area contributed by atoms with Crippen molar-refractivity contribution in [2.75, 3.05) is 11.1 Å². The van der Waals surface area contributed by atoms with Crippen molar-refractivity contribution in [3.63, 3.8) is 0 Å². The van der Waals surface area contributed by atoms with Crippen molar-refractivity contribution in [2.24, 2.45) is 0 Å². The van der Waals surface area contributed by atoms with Gasteiger partial charge in [0.15, 0.2) is 5.16 Å². The van der Waals surface area contributed by atoms with E-state index >= 15 is 0 Å². The van der Waals surface area contributed by atoms with Gasteiger partial charge in [-0.05, 0) is 32.4 Å². The third-order valence-corrected chi connectivity index (χ3v) is 5.18. The van der Waals surface area contributed by atoms with Crippen LogP contribution in [0.15, 0.2) is 28.2 Å². The van der Waals surface area contributed by atoms with Gasteiger partial charge in [0.1, 0.15) is 5.82 Å². The molecule has 0 fully saturated rings. The minimum atomic E-state index is -0.166. The Hall–Kier alpha value is -2.15. The summed E-state index contributed by atoms with van der Waals surface area (Å²) in [5, 5.41) is 3.51. The fraction of sp³-hybridized carbons (Fsp3) is 0.412. The van der Waals surface area contributed by atoms with E-state index in [9.17, 15) is 9.59 Å². The van der Waals surface area contributed by atoms with E-state index in [2.05, 4.69) is 15.3 Å². The zero-order chi connectivity index (χ0) is 17.3.